The van der Waals surface area contributed by atoms with Crippen molar-refractivity contribution >= 4 is 15.7 Å². The van der Waals surface area contributed by atoms with E-state index in [9.17, 15) is 8.42 Å². The Morgan fingerprint density at radius 1 is 1.15 bits per heavy atom. The van der Waals surface area contributed by atoms with Gasteiger partial charge in [-0.2, -0.15) is 0 Å². The molecule has 110 valence electrons. The second-order valence-corrected chi connectivity index (χ2v) is 7.90. The first-order valence-electron chi connectivity index (χ1n) is 7.28. The molecule has 2 fully saturated rings. The molecule has 2 aliphatic rings. The van der Waals surface area contributed by atoms with Gasteiger partial charge in [0.2, 0.25) is 10.0 Å². The van der Waals surface area contributed by atoms with E-state index in [1.807, 2.05) is 19.9 Å². The zero-order valence-corrected chi connectivity index (χ0v) is 12.8. The Balaban J connectivity index is 1.93. The minimum atomic E-state index is -3.53. The molecule has 2 saturated carbocycles. The molecule has 0 unspecified atom stereocenters. The molecular formula is C15H22N2O2S. The Morgan fingerprint density at radius 2 is 1.70 bits per heavy atom. The van der Waals surface area contributed by atoms with Gasteiger partial charge in [0.15, 0.2) is 0 Å². The first kappa shape index (κ1) is 13.9. The molecular weight excluding hydrogens is 272 g/mol. The number of nitrogens with one attached hydrogen (secondary N) is 1. The normalized spacial score (nSPS) is 19.6. The summed E-state index contributed by atoms with van der Waals surface area (Å²) in [4.78, 5) is 0.267. The van der Waals surface area contributed by atoms with Crippen LogP contribution in [0.4, 0.5) is 5.69 Å². The van der Waals surface area contributed by atoms with Gasteiger partial charge in [0.05, 0.1) is 5.69 Å². The van der Waals surface area contributed by atoms with E-state index in [1.54, 1.807) is 6.07 Å². The molecule has 0 aromatic heterocycles. The van der Waals surface area contributed by atoms with E-state index in [-0.39, 0.29) is 10.9 Å². The second-order valence-electron chi connectivity index (χ2n) is 6.25. The molecule has 3 N–H and O–H groups in total. The van der Waals surface area contributed by atoms with Crippen LogP contribution in [0.15, 0.2) is 17.0 Å². The van der Waals surface area contributed by atoms with Gasteiger partial charge in [-0.3, -0.25) is 0 Å². The highest BCUT2D eigenvalue weighted by atomic mass is 32.2. The fourth-order valence-electron chi connectivity index (χ4n) is 2.89. The minimum absolute atomic E-state index is 0.110. The SMILES string of the molecule is Cc1ccc(N)c(S(=O)(=O)NC(C2CC2)C2CC2)c1C. The molecule has 0 atom stereocenters. The maximum atomic E-state index is 12.7. The van der Waals surface area contributed by atoms with Gasteiger partial charge in [-0.1, -0.05) is 6.07 Å². The molecule has 0 radical (unpaired) electrons. The highest BCUT2D eigenvalue weighted by Crippen LogP contribution is 2.45. The second kappa shape index (κ2) is 4.74. The van der Waals surface area contributed by atoms with E-state index in [0.29, 0.717) is 17.5 Å². The van der Waals surface area contributed by atoms with E-state index in [4.69, 9.17) is 5.73 Å². The Labute approximate surface area is 120 Å². The van der Waals surface area contributed by atoms with Gasteiger partial charge in [0, 0.05) is 6.04 Å². The van der Waals surface area contributed by atoms with Crippen LogP contribution < -0.4 is 10.5 Å². The van der Waals surface area contributed by atoms with E-state index >= 15 is 0 Å². The molecule has 1 aromatic carbocycles. The summed E-state index contributed by atoms with van der Waals surface area (Å²) in [5.74, 6) is 1.06. The molecule has 3 rings (SSSR count). The lowest BCUT2D eigenvalue weighted by atomic mass is 10.1. The maximum Gasteiger partial charge on any atom is 0.243 e. The van der Waals surface area contributed by atoms with Crippen molar-refractivity contribution in [2.75, 3.05) is 5.73 Å². The van der Waals surface area contributed by atoms with Gasteiger partial charge < -0.3 is 5.73 Å². The van der Waals surface area contributed by atoms with E-state index in [2.05, 4.69) is 4.72 Å². The first-order chi connectivity index (χ1) is 9.40. The molecule has 2 aliphatic carbocycles. The van der Waals surface area contributed by atoms with Crippen LogP contribution in [0.1, 0.15) is 36.8 Å². The molecule has 4 nitrogen and oxygen atoms in total. The summed E-state index contributed by atoms with van der Waals surface area (Å²) in [5, 5.41) is 0. The van der Waals surface area contributed by atoms with Crippen LogP contribution in [0.25, 0.3) is 0 Å². The van der Waals surface area contributed by atoms with Crippen molar-refractivity contribution in [1.82, 2.24) is 4.72 Å². The van der Waals surface area contributed by atoms with Gasteiger partial charge in [0.1, 0.15) is 4.90 Å². The smallest absolute Gasteiger partial charge is 0.243 e. The molecule has 20 heavy (non-hydrogen) atoms. The van der Waals surface area contributed by atoms with Crippen molar-refractivity contribution in [3.05, 3.63) is 23.3 Å². The Bertz CT molecular complexity index is 620. The number of anilines is 1. The largest absolute Gasteiger partial charge is 0.398 e. The lowest BCUT2D eigenvalue weighted by molar-refractivity contribution is 0.471. The third-order valence-corrected chi connectivity index (χ3v) is 6.19. The standard InChI is InChI=1S/C15H22N2O2S/c1-9-3-8-13(16)15(10(9)2)20(18,19)17-14(11-4-5-11)12-6-7-12/h3,8,11-12,14,17H,4-7,16H2,1-2H3. The third-order valence-electron chi connectivity index (χ3n) is 4.53. The summed E-state index contributed by atoms with van der Waals surface area (Å²) >= 11 is 0. The van der Waals surface area contributed by atoms with Gasteiger partial charge in [0.25, 0.3) is 0 Å². The average molecular weight is 294 g/mol. The topological polar surface area (TPSA) is 72.2 Å². The third kappa shape index (κ3) is 2.56. The summed E-state index contributed by atoms with van der Waals surface area (Å²) in [6.07, 6.45) is 4.58. The number of hydrogen-bond donors (Lipinski definition) is 2. The van der Waals surface area contributed by atoms with Crippen molar-refractivity contribution in [2.45, 2.75) is 50.5 Å². The Morgan fingerprint density at radius 3 is 2.20 bits per heavy atom. The number of nitrogen functional groups attached to an aromatic ring is 1. The zero-order chi connectivity index (χ0) is 14.5. The van der Waals surface area contributed by atoms with Crippen LogP contribution in [-0.4, -0.2) is 14.5 Å². The van der Waals surface area contributed by atoms with Crippen LogP contribution in [0, 0.1) is 25.7 Å². The number of hydrogen-bond acceptors (Lipinski definition) is 3. The van der Waals surface area contributed by atoms with Gasteiger partial charge in [-0.15, -0.1) is 0 Å². The van der Waals surface area contributed by atoms with Crippen LogP contribution >= 0.6 is 0 Å². The van der Waals surface area contributed by atoms with Gasteiger partial charge in [-0.05, 0) is 68.6 Å². The van der Waals surface area contributed by atoms with Crippen LogP contribution in [0.3, 0.4) is 0 Å². The number of nitrogens with two attached hydrogens (primary N) is 1. The Hall–Kier alpha value is -1.07. The summed E-state index contributed by atoms with van der Waals surface area (Å²) in [7, 11) is -3.53. The molecule has 1 aromatic rings. The van der Waals surface area contributed by atoms with Crippen LogP contribution in [-0.2, 0) is 10.0 Å². The first-order valence-corrected chi connectivity index (χ1v) is 8.76. The predicted molar refractivity (Wildman–Crippen MR) is 79.9 cm³/mol. The summed E-state index contributed by atoms with van der Waals surface area (Å²) in [6.45, 7) is 3.73. The molecule has 0 spiro atoms. The van der Waals surface area contributed by atoms with Gasteiger partial charge >= 0.3 is 0 Å². The zero-order valence-electron chi connectivity index (χ0n) is 12.0. The molecule has 0 heterocycles. The summed E-state index contributed by atoms with van der Waals surface area (Å²) in [5.41, 5.74) is 7.96. The lowest BCUT2D eigenvalue weighted by Crippen LogP contribution is -2.38. The highest BCUT2D eigenvalue weighted by molar-refractivity contribution is 7.89. The monoisotopic (exact) mass is 294 g/mol. The molecule has 0 aliphatic heterocycles. The van der Waals surface area contributed by atoms with E-state index in [1.165, 1.54) is 0 Å². The van der Waals surface area contributed by atoms with Crippen molar-refractivity contribution in [1.29, 1.82) is 0 Å². The molecule has 0 amide bonds. The fraction of sp³-hybridized carbons (Fsp3) is 0.600. The number of sulfonamides is 1. The molecule has 0 saturated heterocycles. The van der Waals surface area contributed by atoms with Crippen LogP contribution in [0.2, 0.25) is 0 Å². The number of aryl methyl sites for hydroxylation is 1. The van der Waals surface area contributed by atoms with E-state index in [0.717, 1.165) is 36.8 Å². The van der Waals surface area contributed by atoms with Gasteiger partial charge in [-0.25, -0.2) is 13.1 Å². The minimum Gasteiger partial charge on any atom is -0.398 e. The fourth-order valence-corrected chi connectivity index (χ4v) is 4.70. The van der Waals surface area contributed by atoms with Crippen molar-refractivity contribution < 1.29 is 8.42 Å². The Kier molecular flexibility index (Phi) is 3.29. The molecule has 0 bridgehead atoms. The summed E-state index contributed by atoms with van der Waals surface area (Å²) < 4.78 is 28.4. The van der Waals surface area contributed by atoms with Crippen molar-refractivity contribution in [3.8, 4) is 0 Å². The quantitative estimate of drug-likeness (QED) is 0.819. The summed E-state index contributed by atoms with van der Waals surface area (Å²) in [6, 6.07) is 3.66. The lowest BCUT2D eigenvalue weighted by Gasteiger charge is -2.20. The van der Waals surface area contributed by atoms with Crippen molar-refractivity contribution in [2.24, 2.45) is 11.8 Å². The maximum absolute atomic E-state index is 12.7. The van der Waals surface area contributed by atoms with Crippen molar-refractivity contribution in [3.63, 3.8) is 0 Å². The molecule has 5 heteroatoms. The number of benzene rings is 1. The van der Waals surface area contributed by atoms with E-state index < -0.39 is 10.0 Å². The highest BCUT2D eigenvalue weighted by Gasteiger charge is 2.43. The average Bonchev–Trinajstić information content (AvgIpc) is 3.25. The number of rotatable bonds is 5. The predicted octanol–water partition coefficient (Wildman–Crippen LogP) is 2.35. The van der Waals surface area contributed by atoms with Crippen LogP contribution in [0.5, 0.6) is 0 Å².